The van der Waals surface area contributed by atoms with Gasteiger partial charge in [-0.05, 0) is 20.3 Å². The van der Waals surface area contributed by atoms with Crippen molar-refractivity contribution in [3.05, 3.63) is 11.6 Å². The Hall–Kier alpha value is -0.830. The molecule has 1 fully saturated rings. The predicted molar refractivity (Wildman–Crippen MR) is 69.6 cm³/mol. The molecule has 1 rings (SSSR count). The first-order chi connectivity index (χ1) is 7.88. The van der Waals surface area contributed by atoms with E-state index in [2.05, 4.69) is 33.8 Å². The van der Waals surface area contributed by atoms with Crippen LogP contribution in [0, 0.1) is 5.41 Å². The number of carbonyl (C=O) groups excluding carboxylic acids is 1. The van der Waals surface area contributed by atoms with Crippen molar-refractivity contribution in [2.75, 3.05) is 13.2 Å². The van der Waals surface area contributed by atoms with Crippen molar-refractivity contribution in [3.63, 3.8) is 0 Å². The monoisotopic (exact) mass is 239 g/mol. The second-order valence-corrected chi connectivity index (χ2v) is 5.64. The standard InChI is InChI=1S/C14H25NO2/c1-6-12(16)15-9-10-17-13(15)14(4,5)8-7-11(2)3/h7,13H,6,8-10H2,1-5H3/t13-/m1/s1. The molecule has 98 valence electrons. The summed E-state index contributed by atoms with van der Waals surface area (Å²) in [4.78, 5) is 13.7. The zero-order valence-corrected chi connectivity index (χ0v) is 11.7. The highest BCUT2D eigenvalue weighted by Gasteiger charge is 2.39. The molecule has 0 aliphatic carbocycles. The number of amides is 1. The third-order valence-electron chi connectivity index (χ3n) is 3.22. The lowest BCUT2D eigenvalue weighted by atomic mass is 9.85. The van der Waals surface area contributed by atoms with E-state index in [4.69, 9.17) is 4.74 Å². The molecule has 1 atom stereocenters. The molecule has 0 bridgehead atoms. The van der Waals surface area contributed by atoms with Gasteiger partial charge in [-0.3, -0.25) is 4.79 Å². The van der Waals surface area contributed by atoms with Crippen LogP contribution >= 0.6 is 0 Å². The molecule has 0 spiro atoms. The van der Waals surface area contributed by atoms with Crippen molar-refractivity contribution in [1.82, 2.24) is 4.90 Å². The highest BCUT2D eigenvalue weighted by molar-refractivity contribution is 5.76. The Labute approximate surface area is 105 Å². The van der Waals surface area contributed by atoms with E-state index in [-0.39, 0.29) is 17.6 Å². The van der Waals surface area contributed by atoms with E-state index >= 15 is 0 Å². The van der Waals surface area contributed by atoms with Crippen molar-refractivity contribution < 1.29 is 9.53 Å². The maximum absolute atomic E-state index is 11.8. The van der Waals surface area contributed by atoms with Gasteiger partial charge in [0.15, 0.2) is 0 Å². The fourth-order valence-electron chi connectivity index (χ4n) is 2.14. The molecule has 0 aromatic carbocycles. The van der Waals surface area contributed by atoms with Crippen molar-refractivity contribution >= 4 is 5.91 Å². The highest BCUT2D eigenvalue weighted by atomic mass is 16.5. The molecule has 3 nitrogen and oxygen atoms in total. The zero-order chi connectivity index (χ0) is 13.1. The molecule has 1 saturated heterocycles. The van der Waals surface area contributed by atoms with Crippen molar-refractivity contribution in [2.24, 2.45) is 5.41 Å². The Morgan fingerprint density at radius 1 is 1.47 bits per heavy atom. The van der Waals surface area contributed by atoms with E-state index in [0.717, 1.165) is 13.0 Å². The molecule has 0 N–H and O–H groups in total. The summed E-state index contributed by atoms with van der Waals surface area (Å²) in [6.45, 7) is 11.8. The maximum Gasteiger partial charge on any atom is 0.224 e. The van der Waals surface area contributed by atoms with Crippen LogP contribution in [0.5, 0.6) is 0 Å². The van der Waals surface area contributed by atoms with Gasteiger partial charge < -0.3 is 9.64 Å². The molecule has 1 aliphatic rings. The Balaban J connectivity index is 2.75. The molecule has 0 aromatic heterocycles. The van der Waals surface area contributed by atoms with E-state index in [1.807, 2.05) is 11.8 Å². The summed E-state index contributed by atoms with van der Waals surface area (Å²) in [5.41, 5.74) is 1.28. The Morgan fingerprint density at radius 2 is 2.12 bits per heavy atom. The first-order valence-electron chi connectivity index (χ1n) is 6.43. The number of carbonyl (C=O) groups is 1. The van der Waals surface area contributed by atoms with Gasteiger partial charge in [-0.25, -0.2) is 0 Å². The van der Waals surface area contributed by atoms with Crippen LogP contribution in [-0.2, 0) is 9.53 Å². The van der Waals surface area contributed by atoms with Crippen LogP contribution in [0.1, 0.15) is 47.5 Å². The smallest absolute Gasteiger partial charge is 0.224 e. The summed E-state index contributed by atoms with van der Waals surface area (Å²) in [5, 5.41) is 0. The van der Waals surface area contributed by atoms with Crippen LogP contribution in [-0.4, -0.2) is 30.2 Å². The zero-order valence-electron chi connectivity index (χ0n) is 11.7. The lowest BCUT2D eigenvalue weighted by Gasteiger charge is -2.35. The topological polar surface area (TPSA) is 29.5 Å². The second-order valence-electron chi connectivity index (χ2n) is 5.64. The number of allylic oxidation sites excluding steroid dienone is 2. The van der Waals surface area contributed by atoms with Gasteiger partial charge in [0.25, 0.3) is 0 Å². The van der Waals surface area contributed by atoms with Gasteiger partial charge in [0.2, 0.25) is 5.91 Å². The molecule has 1 heterocycles. The molecule has 0 saturated carbocycles. The minimum Gasteiger partial charge on any atom is -0.356 e. The summed E-state index contributed by atoms with van der Waals surface area (Å²) < 4.78 is 5.76. The summed E-state index contributed by atoms with van der Waals surface area (Å²) >= 11 is 0. The number of nitrogens with zero attached hydrogens (tertiary/aromatic N) is 1. The van der Waals surface area contributed by atoms with Gasteiger partial charge in [-0.1, -0.05) is 32.4 Å². The minimum absolute atomic E-state index is 0.0292. The summed E-state index contributed by atoms with van der Waals surface area (Å²) in [6.07, 6.45) is 3.63. The Kier molecular flexibility index (Phi) is 4.75. The Bertz CT molecular complexity index is 303. The van der Waals surface area contributed by atoms with Crippen molar-refractivity contribution in [1.29, 1.82) is 0 Å². The Morgan fingerprint density at radius 3 is 2.65 bits per heavy atom. The van der Waals surface area contributed by atoms with Crippen LogP contribution < -0.4 is 0 Å². The quantitative estimate of drug-likeness (QED) is 0.706. The molecular formula is C14H25NO2. The SMILES string of the molecule is CCC(=O)N1CCO[C@@H]1C(C)(C)CC=C(C)C. The number of hydrogen-bond acceptors (Lipinski definition) is 2. The summed E-state index contributed by atoms with van der Waals surface area (Å²) in [5.74, 6) is 0.192. The van der Waals surface area contributed by atoms with Crippen LogP contribution in [0.4, 0.5) is 0 Å². The van der Waals surface area contributed by atoms with Crippen LogP contribution in [0.15, 0.2) is 11.6 Å². The van der Waals surface area contributed by atoms with Gasteiger partial charge in [0, 0.05) is 18.4 Å². The van der Waals surface area contributed by atoms with Gasteiger partial charge in [0.1, 0.15) is 6.23 Å². The number of ether oxygens (including phenoxy) is 1. The maximum atomic E-state index is 11.8. The van der Waals surface area contributed by atoms with E-state index in [1.165, 1.54) is 5.57 Å². The lowest BCUT2D eigenvalue weighted by molar-refractivity contribution is -0.142. The average Bonchev–Trinajstić information content (AvgIpc) is 2.75. The molecule has 1 aliphatic heterocycles. The molecule has 0 unspecified atom stereocenters. The molecule has 1 amide bonds. The fraction of sp³-hybridized carbons (Fsp3) is 0.786. The van der Waals surface area contributed by atoms with Gasteiger partial charge in [-0.2, -0.15) is 0 Å². The van der Waals surface area contributed by atoms with Crippen LogP contribution in [0.3, 0.4) is 0 Å². The van der Waals surface area contributed by atoms with E-state index < -0.39 is 0 Å². The van der Waals surface area contributed by atoms with Gasteiger partial charge in [0.05, 0.1) is 6.61 Å². The predicted octanol–water partition coefficient (Wildman–Crippen LogP) is 2.96. The van der Waals surface area contributed by atoms with Crippen molar-refractivity contribution in [2.45, 2.75) is 53.7 Å². The van der Waals surface area contributed by atoms with E-state index in [1.54, 1.807) is 0 Å². The summed E-state index contributed by atoms with van der Waals surface area (Å²) in [7, 11) is 0. The molecule has 17 heavy (non-hydrogen) atoms. The molecule has 0 radical (unpaired) electrons. The third kappa shape index (κ3) is 3.56. The normalized spacial score (nSPS) is 20.5. The molecule has 3 heteroatoms. The minimum atomic E-state index is -0.0782. The average molecular weight is 239 g/mol. The van der Waals surface area contributed by atoms with E-state index in [0.29, 0.717) is 13.0 Å². The van der Waals surface area contributed by atoms with Gasteiger partial charge >= 0.3 is 0 Å². The van der Waals surface area contributed by atoms with E-state index in [9.17, 15) is 4.79 Å². The first-order valence-corrected chi connectivity index (χ1v) is 6.43. The van der Waals surface area contributed by atoms with Crippen molar-refractivity contribution in [3.8, 4) is 0 Å². The number of rotatable bonds is 4. The largest absolute Gasteiger partial charge is 0.356 e. The first kappa shape index (κ1) is 14.2. The van der Waals surface area contributed by atoms with Crippen LogP contribution in [0.25, 0.3) is 0 Å². The third-order valence-corrected chi connectivity index (χ3v) is 3.22. The number of hydrogen-bond donors (Lipinski definition) is 0. The highest BCUT2D eigenvalue weighted by Crippen LogP contribution is 2.33. The lowest BCUT2D eigenvalue weighted by Crippen LogP contribution is -2.44. The fourth-order valence-corrected chi connectivity index (χ4v) is 2.14. The molecular weight excluding hydrogens is 214 g/mol. The van der Waals surface area contributed by atoms with Gasteiger partial charge in [-0.15, -0.1) is 0 Å². The summed E-state index contributed by atoms with van der Waals surface area (Å²) in [6, 6.07) is 0. The second kappa shape index (κ2) is 5.67. The van der Waals surface area contributed by atoms with Crippen LogP contribution in [0.2, 0.25) is 0 Å². The molecule has 0 aromatic rings.